The Labute approximate surface area is 191 Å². The molecule has 0 amide bonds. The molecular formula is C20H26ClIN4OS. The van der Waals surface area contributed by atoms with Crippen molar-refractivity contribution in [1.29, 1.82) is 0 Å². The van der Waals surface area contributed by atoms with Gasteiger partial charge in [0, 0.05) is 34.6 Å². The van der Waals surface area contributed by atoms with E-state index in [1.807, 2.05) is 19.1 Å². The van der Waals surface area contributed by atoms with Crippen LogP contribution < -0.4 is 10.6 Å². The van der Waals surface area contributed by atoms with Gasteiger partial charge in [0.1, 0.15) is 6.10 Å². The zero-order chi connectivity index (χ0) is 19.2. The number of nitrogens with one attached hydrogen (secondary N) is 3. The van der Waals surface area contributed by atoms with Crippen LogP contribution >= 0.6 is 46.9 Å². The minimum Gasteiger partial charge on any atom is -0.386 e. The Morgan fingerprint density at radius 3 is 2.75 bits per heavy atom. The Balaban J connectivity index is 0.00000280. The SMILES string of the molecule is CCNC(=NCC(O)c1ccc(Cl)s1)NCCc1c(C)[nH]c2ccccc12.I. The number of aliphatic hydroxyl groups is 1. The van der Waals surface area contributed by atoms with E-state index in [1.165, 1.54) is 33.5 Å². The number of hydrogen-bond donors (Lipinski definition) is 4. The number of aliphatic hydroxyl groups excluding tert-OH is 1. The van der Waals surface area contributed by atoms with Crippen LogP contribution in [0.25, 0.3) is 10.9 Å². The first-order valence-electron chi connectivity index (χ1n) is 9.10. The molecule has 1 unspecified atom stereocenters. The van der Waals surface area contributed by atoms with E-state index in [9.17, 15) is 5.11 Å². The van der Waals surface area contributed by atoms with Gasteiger partial charge in [-0.1, -0.05) is 29.8 Å². The van der Waals surface area contributed by atoms with E-state index in [-0.39, 0.29) is 30.5 Å². The third-order valence-electron chi connectivity index (χ3n) is 4.38. The van der Waals surface area contributed by atoms with Crippen molar-refractivity contribution in [3.8, 4) is 0 Å². The molecule has 8 heteroatoms. The van der Waals surface area contributed by atoms with E-state index < -0.39 is 6.10 Å². The van der Waals surface area contributed by atoms with Crippen molar-refractivity contribution in [3.63, 3.8) is 0 Å². The number of para-hydroxylation sites is 1. The smallest absolute Gasteiger partial charge is 0.191 e. The molecule has 0 bridgehead atoms. The molecule has 0 aliphatic carbocycles. The number of guanidine groups is 1. The first kappa shape index (κ1) is 23.0. The van der Waals surface area contributed by atoms with Crippen molar-refractivity contribution in [2.75, 3.05) is 19.6 Å². The molecule has 5 nitrogen and oxygen atoms in total. The number of fused-ring (bicyclic) bond motifs is 1. The normalized spacial score (nSPS) is 12.6. The molecule has 0 saturated heterocycles. The van der Waals surface area contributed by atoms with E-state index in [0.29, 0.717) is 10.3 Å². The molecule has 1 aromatic carbocycles. The van der Waals surface area contributed by atoms with Crippen molar-refractivity contribution in [2.24, 2.45) is 4.99 Å². The third kappa shape index (κ3) is 5.85. The fourth-order valence-corrected chi connectivity index (χ4v) is 4.12. The first-order chi connectivity index (χ1) is 13.1. The van der Waals surface area contributed by atoms with Crippen LogP contribution in [0.5, 0.6) is 0 Å². The van der Waals surface area contributed by atoms with Gasteiger partial charge in [0.2, 0.25) is 0 Å². The number of aromatic nitrogens is 1. The van der Waals surface area contributed by atoms with Gasteiger partial charge in [0.05, 0.1) is 10.9 Å². The maximum Gasteiger partial charge on any atom is 0.191 e. The highest BCUT2D eigenvalue weighted by Gasteiger charge is 2.11. The maximum atomic E-state index is 10.3. The van der Waals surface area contributed by atoms with Crippen LogP contribution in [0.1, 0.15) is 29.2 Å². The maximum absolute atomic E-state index is 10.3. The molecule has 3 aromatic rings. The number of halogens is 2. The molecule has 1 atom stereocenters. The Hall–Kier alpha value is -1.29. The standard InChI is InChI=1S/C20H25ClN4OS.HI/c1-3-22-20(24-12-17(26)18-8-9-19(21)27-18)23-11-10-14-13(2)25-16-7-5-4-6-15(14)16;/h4-9,17,25-26H,3,10-12H2,1-2H3,(H2,22,23,24);1H. The molecule has 152 valence electrons. The van der Waals surface area contributed by atoms with E-state index in [0.717, 1.165) is 24.4 Å². The quantitative estimate of drug-likeness (QED) is 0.204. The lowest BCUT2D eigenvalue weighted by Gasteiger charge is -2.13. The lowest BCUT2D eigenvalue weighted by atomic mass is 10.1. The number of aromatic amines is 1. The van der Waals surface area contributed by atoms with Crippen LogP contribution in [0.3, 0.4) is 0 Å². The topological polar surface area (TPSA) is 72.4 Å². The van der Waals surface area contributed by atoms with Gasteiger partial charge in [-0.15, -0.1) is 35.3 Å². The Kier molecular flexibility index (Phi) is 9.07. The van der Waals surface area contributed by atoms with Gasteiger partial charge in [0.25, 0.3) is 0 Å². The summed E-state index contributed by atoms with van der Waals surface area (Å²) in [7, 11) is 0. The van der Waals surface area contributed by atoms with E-state index in [1.54, 1.807) is 6.07 Å². The van der Waals surface area contributed by atoms with Gasteiger partial charge >= 0.3 is 0 Å². The number of thiophene rings is 1. The van der Waals surface area contributed by atoms with Gasteiger partial charge in [-0.2, -0.15) is 0 Å². The molecule has 3 rings (SSSR count). The number of rotatable bonds is 7. The first-order valence-corrected chi connectivity index (χ1v) is 10.3. The van der Waals surface area contributed by atoms with E-state index in [4.69, 9.17) is 11.6 Å². The number of aryl methyl sites for hydroxylation is 1. The number of benzene rings is 1. The van der Waals surface area contributed by atoms with Gasteiger partial charge in [-0.05, 0) is 44.0 Å². The van der Waals surface area contributed by atoms with Crippen molar-refractivity contribution >= 4 is 63.8 Å². The third-order valence-corrected chi connectivity index (χ3v) is 5.72. The zero-order valence-corrected chi connectivity index (χ0v) is 19.9. The second-order valence-electron chi connectivity index (χ2n) is 6.33. The van der Waals surface area contributed by atoms with Gasteiger partial charge in [-0.25, -0.2) is 0 Å². The highest BCUT2D eigenvalue weighted by Crippen LogP contribution is 2.27. The minimum absolute atomic E-state index is 0. The minimum atomic E-state index is -0.645. The summed E-state index contributed by atoms with van der Waals surface area (Å²) in [4.78, 5) is 8.76. The fourth-order valence-electron chi connectivity index (χ4n) is 3.08. The molecule has 0 aliphatic heterocycles. The van der Waals surface area contributed by atoms with Crippen molar-refractivity contribution in [1.82, 2.24) is 15.6 Å². The average Bonchev–Trinajstić information content (AvgIpc) is 3.23. The number of nitrogens with zero attached hydrogens (tertiary/aromatic N) is 1. The average molecular weight is 533 g/mol. The predicted octanol–water partition coefficient (Wildman–Crippen LogP) is 4.64. The summed E-state index contributed by atoms with van der Waals surface area (Å²) in [6, 6.07) is 12.0. The highest BCUT2D eigenvalue weighted by atomic mass is 127. The van der Waals surface area contributed by atoms with Crippen molar-refractivity contribution < 1.29 is 5.11 Å². The van der Waals surface area contributed by atoms with Gasteiger partial charge < -0.3 is 20.7 Å². The fraction of sp³-hybridized carbons (Fsp3) is 0.350. The number of aliphatic imine (C=N–C) groups is 1. The molecule has 0 radical (unpaired) electrons. The van der Waals surface area contributed by atoms with Crippen LogP contribution in [0.4, 0.5) is 0 Å². The molecule has 0 saturated carbocycles. The predicted molar refractivity (Wildman–Crippen MR) is 130 cm³/mol. The summed E-state index contributed by atoms with van der Waals surface area (Å²) in [5.74, 6) is 0.705. The van der Waals surface area contributed by atoms with Gasteiger partial charge in [-0.3, -0.25) is 4.99 Å². The summed E-state index contributed by atoms with van der Waals surface area (Å²) in [6.45, 7) is 5.94. The molecule has 4 N–H and O–H groups in total. The summed E-state index contributed by atoms with van der Waals surface area (Å²) in [5.41, 5.74) is 3.69. The molecule has 0 spiro atoms. The number of hydrogen-bond acceptors (Lipinski definition) is 3. The Morgan fingerprint density at radius 2 is 2.04 bits per heavy atom. The highest BCUT2D eigenvalue weighted by molar-refractivity contribution is 14.0. The second kappa shape index (κ2) is 11.0. The lowest BCUT2D eigenvalue weighted by Crippen LogP contribution is -2.38. The van der Waals surface area contributed by atoms with Crippen LogP contribution in [-0.2, 0) is 6.42 Å². The molecule has 0 fully saturated rings. The largest absolute Gasteiger partial charge is 0.386 e. The van der Waals surface area contributed by atoms with Crippen LogP contribution in [0.2, 0.25) is 4.34 Å². The van der Waals surface area contributed by atoms with E-state index in [2.05, 4.69) is 45.7 Å². The summed E-state index contributed by atoms with van der Waals surface area (Å²) in [5, 5.41) is 18.1. The van der Waals surface area contributed by atoms with Gasteiger partial charge in [0.15, 0.2) is 5.96 Å². The van der Waals surface area contributed by atoms with Crippen LogP contribution in [0.15, 0.2) is 41.4 Å². The monoisotopic (exact) mass is 532 g/mol. The Morgan fingerprint density at radius 1 is 1.25 bits per heavy atom. The second-order valence-corrected chi connectivity index (χ2v) is 8.07. The molecule has 0 aliphatic rings. The van der Waals surface area contributed by atoms with Crippen LogP contribution in [0, 0.1) is 6.92 Å². The molecule has 28 heavy (non-hydrogen) atoms. The lowest BCUT2D eigenvalue weighted by molar-refractivity contribution is 0.191. The molecular weight excluding hydrogens is 507 g/mol. The summed E-state index contributed by atoms with van der Waals surface area (Å²) >= 11 is 7.31. The van der Waals surface area contributed by atoms with Crippen LogP contribution in [-0.4, -0.2) is 35.7 Å². The van der Waals surface area contributed by atoms with Crippen molar-refractivity contribution in [2.45, 2.75) is 26.4 Å². The Bertz CT molecular complexity index is 924. The molecule has 2 heterocycles. The number of H-pyrrole nitrogens is 1. The summed E-state index contributed by atoms with van der Waals surface area (Å²) < 4.78 is 0.673. The zero-order valence-electron chi connectivity index (χ0n) is 16.0. The van der Waals surface area contributed by atoms with Crippen molar-refractivity contribution in [3.05, 3.63) is 56.9 Å². The summed E-state index contributed by atoms with van der Waals surface area (Å²) in [6.07, 6.45) is 0.248. The molecule has 2 aromatic heterocycles. The van der Waals surface area contributed by atoms with E-state index >= 15 is 0 Å².